The molecule has 6 heteroatoms. The van der Waals surface area contributed by atoms with Crippen LogP contribution in [0.3, 0.4) is 0 Å². The van der Waals surface area contributed by atoms with Crippen LogP contribution in [0.15, 0.2) is 53.1 Å². The number of nitrogens with one attached hydrogen (secondary N) is 1. The lowest BCUT2D eigenvalue weighted by molar-refractivity contribution is 0.0445. The van der Waals surface area contributed by atoms with E-state index in [9.17, 15) is 9.50 Å². The molecule has 3 aliphatic carbocycles. The van der Waals surface area contributed by atoms with Gasteiger partial charge >= 0.3 is 0 Å². The Labute approximate surface area is 207 Å². The van der Waals surface area contributed by atoms with E-state index in [-0.39, 0.29) is 16.7 Å². The third-order valence-corrected chi connectivity index (χ3v) is 8.27. The normalized spacial score (nSPS) is 24.5. The molecule has 6 rings (SSSR count). The number of benzene rings is 2. The van der Waals surface area contributed by atoms with Gasteiger partial charge in [0.05, 0.1) is 5.60 Å². The first-order valence-corrected chi connectivity index (χ1v) is 12.7. The Balaban J connectivity index is 1.23. The smallest absolute Gasteiger partial charge is 0.263 e. The van der Waals surface area contributed by atoms with Crippen molar-refractivity contribution >= 4 is 5.69 Å². The number of fused-ring (bicyclic) bond motifs is 3. The van der Waals surface area contributed by atoms with Gasteiger partial charge < -0.3 is 14.9 Å². The summed E-state index contributed by atoms with van der Waals surface area (Å²) < 4.78 is 19.5. The molecule has 186 valence electrons. The molecule has 3 fully saturated rings. The number of aliphatic hydroxyl groups is 1. The fourth-order valence-corrected chi connectivity index (χ4v) is 5.71. The van der Waals surface area contributed by atoms with Crippen molar-refractivity contribution in [2.24, 2.45) is 5.41 Å². The summed E-state index contributed by atoms with van der Waals surface area (Å²) in [6.45, 7) is 7.47. The molecule has 0 atom stereocenters. The molecule has 5 nitrogen and oxygen atoms in total. The van der Waals surface area contributed by atoms with Gasteiger partial charge in [-0.3, -0.25) is 0 Å². The lowest BCUT2D eigenvalue weighted by Gasteiger charge is -2.52. The highest BCUT2D eigenvalue weighted by Gasteiger charge is 2.51. The molecule has 0 amide bonds. The van der Waals surface area contributed by atoms with Gasteiger partial charge in [0.25, 0.3) is 5.89 Å². The molecule has 0 aliphatic heterocycles. The van der Waals surface area contributed by atoms with Crippen LogP contribution in [0.25, 0.3) is 11.1 Å². The third kappa shape index (κ3) is 4.73. The quantitative estimate of drug-likeness (QED) is 0.388. The number of anilines is 1. The van der Waals surface area contributed by atoms with E-state index in [0.717, 1.165) is 67.4 Å². The van der Waals surface area contributed by atoms with Crippen LogP contribution in [0, 0.1) is 5.41 Å². The van der Waals surface area contributed by atoms with Crippen molar-refractivity contribution < 1.29 is 14.0 Å². The minimum Gasteiger partial charge on any atom is -0.386 e. The lowest BCUT2D eigenvalue weighted by Crippen LogP contribution is -2.47. The summed E-state index contributed by atoms with van der Waals surface area (Å²) in [5.74, 6) is 0.781. The van der Waals surface area contributed by atoms with Crippen molar-refractivity contribution in [1.29, 1.82) is 0 Å². The van der Waals surface area contributed by atoms with Crippen LogP contribution < -0.4 is 5.32 Å². The summed E-state index contributed by atoms with van der Waals surface area (Å²) in [6.07, 6.45) is 6.40. The van der Waals surface area contributed by atoms with Crippen molar-refractivity contribution in [2.75, 3.05) is 11.9 Å². The Morgan fingerprint density at radius 2 is 1.60 bits per heavy atom. The largest absolute Gasteiger partial charge is 0.386 e. The average Bonchev–Trinajstić information content (AvgIpc) is 3.36. The second kappa shape index (κ2) is 8.44. The van der Waals surface area contributed by atoms with Crippen LogP contribution in [0.1, 0.15) is 83.5 Å². The van der Waals surface area contributed by atoms with E-state index in [1.165, 1.54) is 13.8 Å². The van der Waals surface area contributed by atoms with Crippen molar-refractivity contribution in [1.82, 2.24) is 10.1 Å². The van der Waals surface area contributed by atoms with Crippen LogP contribution in [-0.2, 0) is 16.7 Å². The maximum absolute atomic E-state index is 14.2. The van der Waals surface area contributed by atoms with Gasteiger partial charge in [-0.05, 0) is 100 Å². The highest BCUT2D eigenvalue weighted by Crippen LogP contribution is 2.57. The predicted octanol–water partition coefficient (Wildman–Crippen LogP) is 6.87. The van der Waals surface area contributed by atoms with Crippen molar-refractivity contribution in [3.63, 3.8) is 0 Å². The van der Waals surface area contributed by atoms with Gasteiger partial charge in [0.1, 0.15) is 0 Å². The van der Waals surface area contributed by atoms with Crippen LogP contribution in [-0.4, -0.2) is 21.8 Å². The van der Waals surface area contributed by atoms with E-state index < -0.39 is 11.3 Å². The average molecular weight is 478 g/mol. The van der Waals surface area contributed by atoms with Gasteiger partial charge in [-0.1, -0.05) is 41.6 Å². The first-order valence-electron chi connectivity index (χ1n) is 12.7. The predicted molar refractivity (Wildman–Crippen MR) is 136 cm³/mol. The summed E-state index contributed by atoms with van der Waals surface area (Å²) in [5.41, 5.74) is 2.09. The number of hydrogen-bond acceptors (Lipinski definition) is 5. The Morgan fingerprint density at radius 3 is 2.17 bits per heavy atom. The van der Waals surface area contributed by atoms with Gasteiger partial charge in [-0.25, -0.2) is 4.39 Å². The van der Waals surface area contributed by atoms with Crippen molar-refractivity contribution in [3.8, 4) is 11.1 Å². The molecule has 35 heavy (non-hydrogen) atoms. The van der Waals surface area contributed by atoms with E-state index in [1.54, 1.807) is 13.8 Å². The zero-order valence-corrected chi connectivity index (χ0v) is 21.2. The molecule has 3 aromatic rings. The SMILES string of the molecule is CC(C)(O)c1ccc(-c2cccc(NCC34CCC(c5noc(C(C)(C)F)n5)(CC3)CC4)c2)cc1. The van der Waals surface area contributed by atoms with Crippen LogP contribution in [0.5, 0.6) is 0 Å². The third-order valence-electron chi connectivity index (χ3n) is 8.27. The number of nitrogens with zero attached hydrogens (tertiary/aromatic N) is 2. The summed E-state index contributed by atoms with van der Waals surface area (Å²) in [4.78, 5) is 4.46. The zero-order chi connectivity index (χ0) is 24.9. The molecule has 3 aliphatic rings. The van der Waals surface area contributed by atoms with Gasteiger partial charge in [-0.2, -0.15) is 4.98 Å². The molecule has 0 radical (unpaired) electrons. The van der Waals surface area contributed by atoms with Crippen LogP contribution in [0.2, 0.25) is 0 Å². The van der Waals surface area contributed by atoms with E-state index in [0.29, 0.717) is 5.82 Å². The fraction of sp³-hybridized carbons (Fsp3) is 0.517. The zero-order valence-electron chi connectivity index (χ0n) is 21.2. The molecule has 3 saturated carbocycles. The van der Waals surface area contributed by atoms with Crippen LogP contribution >= 0.6 is 0 Å². The van der Waals surface area contributed by atoms with Crippen LogP contribution in [0.4, 0.5) is 10.1 Å². The molecular formula is C29H36FN3O2. The first kappa shape index (κ1) is 24.0. The van der Waals surface area contributed by atoms with E-state index in [1.807, 2.05) is 12.1 Å². The monoisotopic (exact) mass is 477 g/mol. The van der Waals surface area contributed by atoms with E-state index in [4.69, 9.17) is 4.52 Å². The molecule has 1 aromatic heterocycles. The maximum atomic E-state index is 14.2. The van der Waals surface area contributed by atoms with Crippen molar-refractivity contribution in [2.45, 2.75) is 82.9 Å². The standard InChI is InChI=1S/C29H36FN3O2/c1-26(2,30)25-32-24(33-35-25)29-15-12-28(13-16-29,14-17-29)19-31-23-7-5-6-21(18-23)20-8-10-22(11-9-20)27(3,4)34/h5-11,18,31,34H,12-17,19H2,1-4H3. The Kier molecular flexibility index (Phi) is 5.78. The molecule has 0 spiro atoms. The van der Waals surface area contributed by atoms with Gasteiger partial charge in [-0.15, -0.1) is 0 Å². The molecule has 0 unspecified atom stereocenters. The first-order chi connectivity index (χ1) is 16.5. The number of alkyl halides is 1. The Hall–Kier alpha value is -2.73. The highest BCUT2D eigenvalue weighted by atomic mass is 19.1. The number of aromatic nitrogens is 2. The number of hydrogen-bond donors (Lipinski definition) is 2. The second-order valence-corrected chi connectivity index (χ2v) is 11.7. The molecule has 1 heterocycles. The molecule has 2 aromatic carbocycles. The lowest BCUT2D eigenvalue weighted by atomic mass is 9.53. The summed E-state index contributed by atoms with van der Waals surface area (Å²) in [6, 6.07) is 16.7. The second-order valence-electron chi connectivity index (χ2n) is 11.7. The topological polar surface area (TPSA) is 71.2 Å². The van der Waals surface area contributed by atoms with E-state index in [2.05, 4.69) is 51.9 Å². The van der Waals surface area contributed by atoms with Gasteiger partial charge in [0.15, 0.2) is 11.5 Å². The molecular weight excluding hydrogens is 441 g/mol. The summed E-state index contributed by atoms with van der Waals surface area (Å²) in [5, 5.41) is 18.1. The Morgan fingerprint density at radius 1 is 0.943 bits per heavy atom. The number of halogens is 1. The maximum Gasteiger partial charge on any atom is 0.263 e. The molecule has 0 saturated heterocycles. The van der Waals surface area contributed by atoms with Gasteiger partial charge in [0, 0.05) is 17.6 Å². The Bertz CT molecular complexity index is 1160. The van der Waals surface area contributed by atoms with E-state index >= 15 is 0 Å². The van der Waals surface area contributed by atoms with Gasteiger partial charge in [0.2, 0.25) is 0 Å². The molecule has 2 N–H and O–H groups in total. The minimum atomic E-state index is -1.61. The fourth-order valence-electron chi connectivity index (χ4n) is 5.71. The summed E-state index contributed by atoms with van der Waals surface area (Å²) in [7, 11) is 0. The number of rotatable bonds is 7. The highest BCUT2D eigenvalue weighted by molar-refractivity contribution is 5.68. The van der Waals surface area contributed by atoms with Crippen molar-refractivity contribution in [3.05, 3.63) is 65.8 Å². The minimum absolute atomic E-state index is 0.0655. The molecule has 2 bridgehead atoms. The summed E-state index contributed by atoms with van der Waals surface area (Å²) >= 11 is 0.